The summed E-state index contributed by atoms with van der Waals surface area (Å²) < 4.78 is 16.9. The second kappa shape index (κ2) is 10.2. The van der Waals surface area contributed by atoms with Crippen molar-refractivity contribution >= 4 is 22.3 Å². The smallest absolute Gasteiger partial charge is 0.188 e. The number of rotatable bonds is 8. The van der Waals surface area contributed by atoms with Crippen molar-refractivity contribution in [2.75, 3.05) is 39.2 Å². The number of benzene rings is 1. The second-order valence-electron chi connectivity index (χ2n) is 7.54. The minimum absolute atomic E-state index is 0.0818. The van der Waals surface area contributed by atoms with Gasteiger partial charge in [0.05, 0.1) is 31.7 Å². The Kier molecular flexibility index (Phi) is 7.14. The van der Waals surface area contributed by atoms with Crippen LogP contribution >= 0.6 is 11.3 Å². The van der Waals surface area contributed by atoms with Crippen LogP contribution in [0.1, 0.15) is 28.6 Å². The summed E-state index contributed by atoms with van der Waals surface area (Å²) in [6.07, 6.45) is -0.0818. The van der Waals surface area contributed by atoms with Crippen LogP contribution in [0.25, 0.3) is 0 Å². The fraction of sp³-hybridized carbons (Fsp3) is 0.391. The fourth-order valence-electron chi connectivity index (χ4n) is 3.70. The molecule has 8 heteroatoms. The molecule has 2 aromatic heterocycles. The van der Waals surface area contributed by atoms with Crippen molar-refractivity contribution in [1.29, 1.82) is 0 Å². The van der Waals surface area contributed by atoms with Crippen molar-refractivity contribution in [2.45, 2.75) is 26.2 Å². The molecule has 0 saturated carbocycles. The SMILES string of the molecule is COCc1ccc(OC)c(CN2CCOC(c3cccc(Nc4nc(C)cs4)n3)C2)c1. The van der Waals surface area contributed by atoms with Crippen LogP contribution in [-0.4, -0.2) is 48.8 Å². The minimum atomic E-state index is -0.0818. The summed E-state index contributed by atoms with van der Waals surface area (Å²) in [6, 6.07) is 12.2. The van der Waals surface area contributed by atoms with E-state index in [4.69, 9.17) is 19.2 Å². The maximum absolute atomic E-state index is 6.06. The van der Waals surface area contributed by atoms with Crippen molar-refractivity contribution in [3.8, 4) is 5.75 Å². The number of anilines is 2. The number of aryl methyl sites for hydroxylation is 1. The lowest BCUT2D eigenvalue weighted by molar-refractivity contribution is -0.0351. The lowest BCUT2D eigenvalue weighted by atomic mass is 10.1. The molecule has 0 bridgehead atoms. The number of nitrogens with zero attached hydrogens (tertiary/aromatic N) is 3. The Bertz CT molecular complexity index is 1010. The number of hydrogen-bond acceptors (Lipinski definition) is 8. The predicted molar refractivity (Wildman–Crippen MR) is 122 cm³/mol. The van der Waals surface area contributed by atoms with E-state index in [1.165, 1.54) is 0 Å². The average Bonchev–Trinajstić information content (AvgIpc) is 3.19. The molecule has 1 atom stereocenters. The van der Waals surface area contributed by atoms with E-state index in [0.29, 0.717) is 13.2 Å². The Balaban J connectivity index is 1.45. The van der Waals surface area contributed by atoms with E-state index in [0.717, 1.165) is 58.8 Å². The van der Waals surface area contributed by atoms with Crippen LogP contribution < -0.4 is 10.1 Å². The summed E-state index contributed by atoms with van der Waals surface area (Å²) in [7, 11) is 3.42. The molecule has 0 spiro atoms. The molecule has 0 amide bonds. The van der Waals surface area contributed by atoms with Gasteiger partial charge in [-0.2, -0.15) is 0 Å². The molecule has 1 aliphatic heterocycles. The molecule has 0 aliphatic carbocycles. The topological polar surface area (TPSA) is 68.7 Å². The highest BCUT2D eigenvalue weighted by Gasteiger charge is 2.24. The number of nitrogens with one attached hydrogen (secondary N) is 1. The molecule has 1 aliphatic rings. The van der Waals surface area contributed by atoms with Crippen molar-refractivity contribution < 1.29 is 14.2 Å². The van der Waals surface area contributed by atoms with Crippen LogP contribution in [0.15, 0.2) is 41.8 Å². The number of pyridine rings is 1. The first-order valence-electron chi connectivity index (χ1n) is 10.3. The first-order chi connectivity index (χ1) is 15.1. The Morgan fingerprint density at radius 3 is 2.90 bits per heavy atom. The maximum Gasteiger partial charge on any atom is 0.188 e. The fourth-order valence-corrected chi connectivity index (χ4v) is 4.39. The Morgan fingerprint density at radius 1 is 1.23 bits per heavy atom. The molecule has 164 valence electrons. The summed E-state index contributed by atoms with van der Waals surface area (Å²) in [4.78, 5) is 11.6. The van der Waals surface area contributed by atoms with Gasteiger partial charge in [-0.05, 0) is 36.8 Å². The highest BCUT2D eigenvalue weighted by Crippen LogP contribution is 2.27. The molecule has 31 heavy (non-hydrogen) atoms. The molecule has 3 heterocycles. The van der Waals surface area contributed by atoms with Gasteiger partial charge in [0.25, 0.3) is 0 Å². The standard InChI is InChI=1S/C23H28N4O3S/c1-16-15-31-23(24-16)26-22-6-4-5-19(25-22)21-13-27(9-10-30-21)12-18-11-17(14-28-2)7-8-20(18)29-3/h4-8,11,15,21H,9-10,12-14H2,1-3H3,(H,24,25,26). The van der Waals surface area contributed by atoms with E-state index < -0.39 is 0 Å². The molecule has 1 N–H and O–H groups in total. The van der Waals surface area contributed by atoms with E-state index in [2.05, 4.69) is 21.3 Å². The third kappa shape index (κ3) is 5.59. The first kappa shape index (κ1) is 21.7. The van der Waals surface area contributed by atoms with Crippen LogP contribution in [0.3, 0.4) is 0 Å². The van der Waals surface area contributed by atoms with Gasteiger partial charge in [0.15, 0.2) is 5.13 Å². The molecule has 4 rings (SSSR count). The summed E-state index contributed by atoms with van der Waals surface area (Å²) in [5.41, 5.74) is 4.21. The van der Waals surface area contributed by atoms with Crippen LogP contribution in [-0.2, 0) is 22.6 Å². The number of hydrogen-bond donors (Lipinski definition) is 1. The number of aromatic nitrogens is 2. The summed E-state index contributed by atoms with van der Waals surface area (Å²) in [6.45, 7) is 5.66. The van der Waals surface area contributed by atoms with Gasteiger partial charge < -0.3 is 19.5 Å². The number of ether oxygens (including phenoxy) is 3. The third-order valence-corrected chi connectivity index (χ3v) is 6.03. The van der Waals surface area contributed by atoms with E-state index in [9.17, 15) is 0 Å². The number of morpholine rings is 1. The largest absolute Gasteiger partial charge is 0.496 e. The van der Waals surface area contributed by atoms with Crippen LogP contribution in [0.4, 0.5) is 10.9 Å². The quantitative estimate of drug-likeness (QED) is 0.559. The molecule has 1 aromatic carbocycles. The monoisotopic (exact) mass is 440 g/mol. The molecule has 3 aromatic rings. The third-order valence-electron chi connectivity index (χ3n) is 5.15. The van der Waals surface area contributed by atoms with Crippen LogP contribution in [0.2, 0.25) is 0 Å². The second-order valence-corrected chi connectivity index (χ2v) is 8.40. The zero-order valence-electron chi connectivity index (χ0n) is 18.1. The highest BCUT2D eigenvalue weighted by atomic mass is 32.1. The van der Waals surface area contributed by atoms with E-state index in [1.54, 1.807) is 25.6 Å². The van der Waals surface area contributed by atoms with E-state index in [1.807, 2.05) is 42.6 Å². The van der Waals surface area contributed by atoms with Gasteiger partial charge in [-0.1, -0.05) is 12.1 Å². The normalized spacial score (nSPS) is 16.9. The number of thiazole rings is 1. The summed E-state index contributed by atoms with van der Waals surface area (Å²) in [5.74, 6) is 1.67. The van der Waals surface area contributed by atoms with Gasteiger partial charge in [-0.15, -0.1) is 11.3 Å². The molecule has 7 nitrogen and oxygen atoms in total. The molecular weight excluding hydrogens is 412 g/mol. The van der Waals surface area contributed by atoms with Gasteiger partial charge in [0.1, 0.15) is 17.7 Å². The van der Waals surface area contributed by atoms with Crippen molar-refractivity contribution in [1.82, 2.24) is 14.9 Å². The lowest BCUT2D eigenvalue weighted by Crippen LogP contribution is -2.38. The molecule has 1 saturated heterocycles. The molecule has 1 unspecified atom stereocenters. The van der Waals surface area contributed by atoms with Gasteiger partial charge in [0.2, 0.25) is 0 Å². The number of methoxy groups -OCH3 is 2. The minimum Gasteiger partial charge on any atom is -0.496 e. The molecular formula is C23H28N4O3S. The lowest BCUT2D eigenvalue weighted by Gasteiger charge is -2.33. The van der Waals surface area contributed by atoms with E-state index >= 15 is 0 Å². The Hall–Kier alpha value is -2.52. The molecule has 1 fully saturated rings. The van der Waals surface area contributed by atoms with Gasteiger partial charge >= 0.3 is 0 Å². The molecule has 0 radical (unpaired) electrons. The summed E-state index contributed by atoms with van der Waals surface area (Å²) in [5, 5.41) is 6.15. The Morgan fingerprint density at radius 2 is 2.13 bits per heavy atom. The van der Waals surface area contributed by atoms with Gasteiger partial charge in [0, 0.05) is 37.7 Å². The maximum atomic E-state index is 6.06. The van der Waals surface area contributed by atoms with Crippen LogP contribution in [0, 0.1) is 6.92 Å². The highest BCUT2D eigenvalue weighted by molar-refractivity contribution is 7.13. The van der Waals surface area contributed by atoms with Crippen LogP contribution in [0.5, 0.6) is 5.75 Å². The predicted octanol–water partition coefficient (Wildman–Crippen LogP) is 4.32. The zero-order valence-corrected chi connectivity index (χ0v) is 18.9. The van der Waals surface area contributed by atoms with Crippen molar-refractivity contribution in [2.24, 2.45) is 0 Å². The van der Waals surface area contributed by atoms with Crippen molar-refractivity contribution in [3.05, 3.63) is 64.3 Å². The van der Waals surface area contributed by atoms with Gasteiger partial charge in [-0.25, -0.2) is 9.97 Å². The van der Waals surface area contributed by atoms with Gasteiger partial charge in [-0.3, -0.25) is 4.90 Å². The van der Waals surface area contributed by atoms with E-state index in [-0.39, 0.29) is 6.10 Å². The average molecular weight is 441 g/mol. The summed E-state index contributed by atoms with van der Waals surface area (Å²) >= 11 is 1.57. The first-order valence-corrected chi connectivity index (χ1v) is 11.2. The zero-order chi connectivity index (χ0) is 21.6. The Labute approximate surface area is 187 Å². The van der Waals surface area contributed by atoms with Crippen molar-refractivity contribution in [3.63, 3.8) is 0 Å².